The number of benzene rings is 2. The van der Waals surface area contributed by atoms with E-state index in [-0.39, 0.29) is 47.1 Å². The summed E-state index contributed by atoms with van der Waals surface area (Å²) < 4.78 is 46.3. The molecule has 0 saturated carbocycles. The quantitative estimate of drug-likeness (QED) is 0.0776. The summed E-state index contributed by atoms with van der Waals surface area (Å²) in [6.07, 6.45) is 11.4. The van der Waals surface area contributed by atoms with Crippen LogP contribution < -0.4 is 14.9 Å². The molecule has 11 rings (SSSR count). The van der Waals surface area contributed by atoms with E-state index in [0.717, 1.165) is 96.6 Å². The number of halogens is 1. The summed E-state index contributed by atoms with van der Waals surface area (Å²) in [7, 11) is 0.953. The Kier molecular flexibility index (Phi) is 17.2. The Morgan fingerprint density at radius 3 is 1.69 bits per heavy atom. The maximum atomic E-state index is 12.0. The van der Waals surface area contributed by atoms with Crippen LogP contribution in [0.25, 0.3) is 56.9 Å². The fourth-order valence-corrected chi connectivity index (χ4v) is 9.79. The molecule has 3 aliphatic rings. The van der Waals surface area contributed by atoms with E-state index >= 15 is 0 Å². The maximum Gasteiger partial charge on any atom is 0.498 e. The van der Waals surface area contributed by atoms with E-state index in [1.807, 2.05) is 133 Å². The molecule has 1 fully saturated rings. The van der Waals surface area contributed by atoms with Crippen molar-refractivity contribution >= 4 is 40.4 Å². The molecular weight excluding hydrogens is 1100 g/mol. The Balaban J connectivity index is 0.000000154. The number of aryl methyl sites for hydroxylation is 2. The zero-order valence-corrected chi connectivity index (χ0v) is 50.3. The number of methoxy groups -OCH3 is 1. The van der Waals surface area contributed by atoms with Gasteiger partial charge >= 0.3 is 19.1 Å². The van der Waals surface area contributed by atoms with Crippen molar-refractivity contribution in [2.75, 3.05) is 26.9 Å². The van der Waals surface area contributed by atoms with Crippen molar-refractivity contribution in [1.29, 1.82) is 0 Å². The van der Waals surface area contributed by atoms with E-state index in [4.69, 9.17) is 38.2 Å². The van der Waals surface area contributed by atoms with Crippen LogP contribution in [-0.4, -0.2) is 125 Å². The van der Waals surface area contributed by atoms with Gasteiger partial charge in [0, 0.05) is 58.6 Å². The van der Waals surface area contributed by atoms with Crippen LogP contribution in [0.1, 0.15) is 99.9 Å². The van der Waals surface area contributed by atoms with Crippen molar-refractivity contribution in [3.63, 3.8) is 0 Å². The summed E-state index contributed by atoms with van der Waals surface area (Å²) in [5.41, 5.74) is 5.60. The second kappa shape index (κ2) is 24.0. The minimum Gasteiger partial charge on any atom is -0.491 e. The highest BCUT2D eigenvalue weighted by molar-refractivity contribution is 9.10. The number of hydrogen-bond donors (Lipinski definition) is 0. The average molecular weight is 1170 g/mol. The first-order valence-electron chi connectivity index (χ1n) is 27.4. The maximum absolute atomic E-state index is 12.0. The van der Waals surface area contributed by atoms with Crippen molar-refractivity contribution in [2.24, 2.45) is 11.8 Å². The Hall–Kier alpha value is -7.44. The predicted octanol–water partition coefficient (Wildman–Crippen LogP) is 9.00. The Morgan fingerprint density at radius 2 is 1.16 bits per heavy atom. The minimum atomic E-state index is -0.433. The first-order chi connectivity index (χ1) is 38.5. The number of carbonyl (C=O) groups excluding carboxylic acids is 2. The third-order valence-corrected chi connectivity index (χ3v) is 14.9. The zero-order chi connectivity index (χ0) is 58.1. The van der Waals surface area contributed by atoms with Crippen LogP contribution in [-0.2, 0) is 54.6 Å². The number of fused-ring (bicyclic) bond motifs is 6. The van der Waals surface area contributed by atoms with Gasteiger partial charge in [-0.05, 0) is 112 Å². The third-order valence-electron chi connectivity index (χ3n) is 14.4. The van der Waals surface area contributed by atoms with E-state index in [0.29, 0.717) is 39.5 Å². The molecule has 22 nitrogen and oxygen atoms in total. The van der Waals surface area contributed by atoms with E-state index in [2.05, 4.69) is 83.1 Å². The van der Waals surface area contributed by atoms with Crippen LogP contribution in [0.4, 0.5) is 0 Å². The topological polar surface area (TPSA) is 222 Å². The van der Waals surface area contributed by atoms with Gasteiger partial charge in [0.25, 0.3) is 0 Å². The summed E-state index contributed by atoms with van der Waals surface area (Å²) >= 11 is 3.50. The molecule has 8 aromatic rings. The molecule has 0 bridgehead atoms. The van der Waals surface area contributed by atoms with Gasteiger partial charge < -0.3 is 37.4 Å². The van der Waals surface area contributed by atoms with Gasteiger partial charge in [-0.15, -0.1) is 0 Å². The van der Waals surface area contributed by atoms with Crippen LogP contribution in [0, 0.1) is 25.7 Å². The van der Waals surface area contributed by atoms with Crippen LogP contribution in [0.5, 0.6) is 11.5 Å². The molecule has 428 valence electrons. The Bertz CT molecular complexity index is 3520. The molecule has 2 atom stereocenters. The number of ether oxygens (including phenoxy) is 4. The first kappa shape index (κ1) is 58.2. The van der Waals surface area contributed by atoms with Gasteiger partial charge in [0.1, 0.15) is 59.4 Å². The van der Waals surface area contributed by atoms with Crippen molar-refractivity contribution in [3.05, 3.63) is 89.7 Å². The highest BCUT2D eigenvalue weighted by atomic mass is 79.9. The second-order valence-electron chi connectivity index (χ2n) is 22.0. The minimum absolute atomic E-state index is 0.182. The van der Waals surface area contributed by atoms with Gasteiger partial charge in [-0.2, -0.15) is 20.4 Å². The molecule has 2 aromatic carbocycles. The molecule has 24 heteroatoms. The van der Waals surface area contributed by atoms with Crippen molar-refractivity contribution in [2.45, 2.75) is 139 Å². The van der Waals surface area contributed by atoms with E-state index in [1.165, 1.54) is 7.11 Å². The standard InChI is InChI=1S/C26H31N7O3.C17H18BrN5O.C14H23BN2O4/c1-6-35-26(34)17(4)13-32-14-20(12-27-32)19-7-8-21-23(11-19)36-10-9-31-15-22(29-24(21)31)25-28-18(5)30-33(25)16(2)3;1-10(2)23-17(19-11(3)21-23)14-9-22-6-7-24-15-8-12(18)4-5-13(15)16(22)20-14;1-10(12(18)19-6)8-17-9-11(7-16-17)15-20-13(2,3)14(4,5)21-15/h7-8,11-12,14-17H,6,9-10,13H2,1-5H3;4-5,8-10H,6-7H2,1-3H3;7,9-10H,8H2,1-6H3. The smallest absolute Gasteiger partial charge is 0.491 e. The average Bonchev–Trinajstić information content (AvgIpc) is 4.43. The predicted molar refractivity (Wildman–Crippen MR) is 308 cm³/mol. The number of nitrogens with zero attached hydrogens (tertiary/aromatic N) is 14. The molecule has 0 amide bonds. The van der Waals surface area contributed by atoms with Gasteiger partial charge in [0.05, 0.1) is 80.3 Å². The lowest BCUT2D eigenvalue weighted by Gasteiger charge is -2.32. The lowest BCUT2D eigenvalue weighted by atomic mass is 9.82. The molecule has 6 aromatic heterocycles. The van der Waals surface area contributed by atoms with Crippen molar-refractivity contribution in [1.82, 2.24) is 68.2 Å². The van der Waals surface area contributed by atoms with E-state index < -0.39 is 7.12 Å². The molecular formula is C57H72BBrN14O8. The highest BCUT2D eigenvalue weighted by Crippen LogP contribution is 2.39. The number of esters is 2. The van der Waals surface area contributed by atoms with Gasteiger partial charge in [-0.25, -0.2) is 29.3 Å². The molecule has 9 heterocycles. The molecule has 1 saturated heterocycles. The van der Waals surface area contributed by atoms with Gasteiger partial charge in [0.15, 0.2) is 11.6 Å². The summed E-state index contributed by atoms with van der Waals surface area (Å²) in [6, 6.07) is 12.5. The third kappa shape index (κ3) is 12.7. The van der Waals surface area contributed by atoms with Gasteiger partial charge in [-0.3, -0.25) is 19.0 Å². The number of imidazole rings is 2. The molecule has 0 radical (unpaired) electrons. The molecule has 0 spiro atoms. The van der Waals surface area contributed by atoms with Gasteiger partial charge in [0.2, 0.25) is 0 Å². The number of rotatable bonds is 13. The van der Waals surface area contributed by atoms with Crippen LogP contribution in [0.2, 0.25) is 0 Å². The van der Waals surface area contributed by atoms with Crippen LogP contribution in [0.15, 0.2) is 78.1 Å². The number of aromatic nitrogens is 14. The molecule has 0 N–H and O–H groups in total. The lowest BCUT2D eigenvalue weighted by Crippen LogP contribution is -2.41. The SMILES string of the molecule is CCOC(=O)C(C)Cn1cc(-c2ccc3c(c2)OCCn2cc(-c4nc(C)nn4C(C)C)nc2-3)cn1.COC(=O)C(C)Cn1cc(B2OC(C)(C)C(C)(C)O2)cn1.Cc1nc(-c2cn3c(n2)-c2ccc(Br)cc2OCC3)n(C(C)C)n1. The van der Waals surface area contributed by atoms with Crippen LogP contribution >= 0.6 is 15.9 Å². The van der Waals surface area contributed by atoms with E-state index in [1.54, 1.807) is 21.8 Å². The van der Waals surface area contributed by atoms with Crippen LogP contribution in [0.3, 0.4) is 0 Å². The normalized spacial score (nSPS) is 15.5. The fourth-order valence-electron chi connectivity index (χ4n) is 9.45. The highest BCUT2D eigenvalue weighted by Gasteiger charge is 2.52. The largest absolute Gasteiger partial charge is 0.498 e. The molecule has 2 unspecified atom stereocenters. The molecule has 0 aliphatic carbocycles. The fraction of sp³-hybridized carbons (Fsp3) is 0.474. The molecule has 81 heavy (non-hydrogen) atoms. The van der Waals surface area contributed by atoms with Gasteiger partial charge in [-0.1, -0.05) is 35.8 Å². The summed E-state index contributed by atoms with van der Waals surface area (Å²) in [4.78, 5) is 42.4. The van der Waals surface area contributed by atoms with E-state index in [9.17, 15) is 9.59 Å². The summed E-state index contributed by atoms with van der Waals surface area (Å²) in [6.45, 7) is 29.6. The monoisotopic (exact) mass is 1170 g/mol. The lowest BCUT2D eigenvalue weighted by molar-refractivity contribution is -0.148. The number of carbonyl (C=O) groups is 2. The first-order valence-corrected chi connectivity index (χ1v) is 28.2. The zero-order valence-electron chi connectivity index (χ0n) is 48.7. The summed E-state index contributed by atoms with van der Waals surface area (Å²) in [5, 5.41) is 17.7. The summed E-state index contributed by atoms with van der Waals surface area (Å²) in [5.74, 6) is 5.45. The Labute approximate surface area is 480 Å². The van der Waals surface area contributed by atoms with Crippen molar-refractivity contribution in [3.8, 4) is 68.4 Å². The number of hydrogen-bond acceptors (Lipinski definition) is 16. The second-order valence-corrected chi connectivity index (χ2v) is 22.9. The Morgan fingerprint density at radius 1 is 0.654 bits per heavy atom. The van der Waals surface area contributed by atoms with Crippen molar-refractivity contribution < 1.29 is 37.8 Å². The molecule has 3 aliphatic heterocycles.